The second-order valence-corrected chi connectivity index (χ2v) is 7.23. The predicted molar refractivity (Wildman–Crippen MR) is 117 cm³/mol. The molecule has 3 aromatic rings. The van der Waals surface area contributed by atoms with E-state index in [0.29, 0.717) is 16.8 Å². The number of hydrogen-bond acceptors (Lipinski definition) is 3. The van der Waals surface area contributed by atoms with Crippen molar-refractivity contribution in [3.8, 4) is 0 Å². The zero-order valence-electron chi connectivity index (χ0n) is 16.4. The molecule has 0 unspecified atom stereocenters. The summed E-state index contributed by atoms with van der Waals surface area (Å²) in [5.41, 5.74) is 3.30. The van der Waals surface area contributed by atoms with Crippen LogP contribution in [0.15, 0.2) is 72.8 Å². The first-order chi connectivity index (χ1) is 14.6. The highest BCUT2D eigenvalue weighted by Crippen LogP contribution is 2.22. The van der Waals surface area contributed by atoms with Crippen molar-refractivity contribution in [2.24, 2.45) is 0 Å². The van der Waals surface area contributed by atoms with Gasteiger partial charge in [-0.1, -0.05) is 0 Å². The van der Waals surface area contributed by atoms with Crippen LogP contribution in [-0.4, -0.2) is 24.9 Å². The Labute approximate surface area is 174 Å². The number of nitrogens with one attached hydrogen (secondary N) is 2. The highest BCUT2D eigenvalue weighted by molar-refractivity contribution is 6.06. The number of hydrogen-bond donors (Lipinski definition) is 2. The van der Waals surface area contributed by atoms with Crippen LogP contribution in [0.2, 0.25) is 0 Å². The Kier molecular flexibility index (Phi) is 5.75. The highest BCUT2D eigenvalue weighted by Gasteiger charge is 2.13. The van der Waals surface area contributed by atoms with E-state index in [0.717, 1.165) is 18.8 Å². The monoisotopic (exact) mass is 403 g/mol. The molecule has 1 aliphatic rings. The largest absolute Gasteiger partial charge is 0.372 e. The Balaban J connectivity index is 1.35. The average molecular weight is 403 g/mol. The van der Waals surface area contributed by atoms with Crippen LogP contribution in [0.4, 0.5) is 21.5 Å². The Morgan fingerprint density at radius 1 is 0.667 bits per heavy atom. The minimum atomic E-state index is -0.396. The SMILES string of the molecule is O=C(Nc1ccc(C(=O)Nc2ccc(N3CCCC3)cc2)cc1)c1ccc(F)cc1. The van der Waals surface area contributed by atoms with Gasteiger partial charge in [-0.3, -0.25) is 9.59 Å². The van der Waals surface area contributed by atoms with Gasteiger partial charge in [-0.2, -0.15) is 0 Å². The highest BCUT2D eigenvalue weighted by atomic mass is 19.1. The number of nitrogens with zero attached hydrogens (tertiary/aromatic N) is 1. The van der Waals surface area contributed by atoms with Crippen molar-refractivity contribution in [2.45, 2.75) is 12.8 Å². The van der Waals surface area contributed by atoms with Crippen LogP contribution in [0.25, 0.3) is 0 Å². The molecule has 6 heteroatoms. The average Bonchev–Trinajstić information content (AvgIpc) is 3.30. The Morgan fingerprint density at radius 2 is 1.10 bits per heavy atom. The Hall–Kier alpha value is -3.67. The number of carbonyl (C=O) groups excluding carboxylic acids is 2. The van der Waals surface area contributed by atoms with E-state index in [-0.39, 0.29) is 11.8 Å². The normalized spacial score (nSPS) is 13.2. The summed E-state index contributed by atoms with van der Waals surface area (Å²) < 4.78 is 13.0. The smallest absolute Gasteiger partial charge is 0.255 e. The molecule has 4 rings (SSSR count). The van der Waals surface area contributed by atoms with Crippen molar-refractivity contribution < 1.29 is 14.0 Å². The van der Waals surface area contributed by atoms with E-state index in [1.807, 2.05) is 24.3 Å². The second-order valence-electron chi connectivity index (χ2n) is 7.23. The number of halogens is 1. The number of benzene rings is 3. The minimum absolute atomic E-state index is 0.222. The predicted octanol–water partition coefficient (Wildman–Crippen LogP) is 4.93. The van der Waals surface area contributed by atoms with Crippen LogP contribution in [0.5, 0.6) is 0 Å². The lowest BCUT2D eigenvalue weighted by Crippen LogP contribution is -2.17. The summed E-state index contributed by atoms with van der Waals surface area (Å²) in [6.45, 7) is 2.16. The van der Waals surface area contributed by atoms with E-state index in [1.54, 1.807) is 24.3 Å². The number of anilines is 3. The van der Waals surface area contributed by atoms with Gasteiger partial charge in [-0.15, -0.1) is 0 Å². The summed E-state index contributed by atoms with van der Waals surface area (Å²) in [7, 11) is 0. The molecule has 1 fully saturated rings. The molecular weight excluding hydrogens is 381 g/mol. The van der Waals surface area contributed by atoms with Gasteiger partial charge in [0.05, 0.1) is 0 Å². The molecule has 2 N–H and O–H groups in total. The minimum Gasteiger partial charge on any atom is -0.372 e. The van der Waals surface area contributed by atoms with E-state index in [4.69, 9.17) is 0 Å². The number of amides is 2. The van der Waals surface area contributed by atoms with E-state index in [9.17, 15) is 14.0 Å². The molecule has 0 saturated carbocycles. The maximum absolute atomic E-state index is 13.0. The summed E-state index contributed by atoms with van der Waals surface area (Å²) in [5.74, 6) is -0.960. The molecule has 0 aliphatic carbocycles. The standard InChI is InChI=1S/C24H22FN3O2/c25-19-7-3-17(4-8-19)23(29)26-20-9-5-18(6-10-20)24(30)27-21-11-13-22(14-12-21)28-15-1-2-16-28/h3-14H,1-2,15-16H2,(H,26,29)(H,27,30). The molecule has 5 nitrogen and oxygen atoms in total. The zero-order chi connectivity index (χ0) is 20.9. The second kappa shape index (κ2) is 8.78. The first-order valence-corrected chi connectivity index (χ1v) is 9.92. The number of rotatable bonds is 5. The van der Waals surface area contributed by atoms with Crippen molar-refractivity contribution in [3.05, 3.63) is 89.7 Å². The van der Waals surface area contributed by atoms with E-state index in [1.165, 1.54) is 42.8 Å². The third-order valence-electron chi connectivity index (χ3n) is 5.11. The maximum Gasteiger partial charge on any atom is 0.255 e. The maximum atomic E-state index is 13.0. The number of carbonyl (C=O) groups is 2. The molecule has 0 radical (unpaired) electrons. The summed E-state index contributed by atoms with van der Waals surface area (Å²) >= 11 is 0. The fourth-order valence-electron chi connectivity index (χ4n) is 3.44. The van der Waals surface area contributed by atoms with Gasteiger partial charge >= 0.3 is 0 Å². The van der Waals surface area contributed by atoms with E-state index < -0.39 is 5.82 Å². The van der Waals surface area contributed by atoms with Crippen molar-refractivity contribution in [3.63, 3.8) is 0 Å². The van der Waals surface area contributed by atoms with E-state index >= 15 is 0 Å². The lowest BCUT2D eigenvalue weighted by Gasteiger charge is -2.17. The van der Waals surface area contributed by atoms with Crippen LogP contribution in [-0.2, 0) is 0 Å². The van der Waals surface area contributed by atoms with Crippen molar-refractivity contribution in [1.82, 2.24) is 0 Å². The lowest BCUT2D eigenvalue weighted by molar-refractivity contribution is 0.102. The Morgan fingerprint density at radius 3 is 1.60 bits per heavy atom. The summed E-state index contributed by atoms with van der Waals surface area (Å²) in [6, 6.07) is 19.8. The van der Waals surface area contributed by atoms with Gasteiger partial charge in [0.25, 0.3) is 11.8 Å². The summed E-state index contributed by atoms with van der Waals surface area (Å²) in [6.07, 6.45) is 2.44. The molecule has 0 bridgehead atoms. The summed E-state index contributed by atoms with van der Waals surface area (Å²) in [4.78, 5) is 27.0. The topological polar surface area (TPSA) is 61.4 Å². The van der Waals surface area contributed by atoms with Crippen molar-refractivity contribution in [2.75, 3.05) is 28.6 Å². The van der Waals surface area contributed by atoms with Crippen LogP contribution in [0.1, 0.15) is 33.6 Å². The van der Waals surface area contributed by atoms with Crippen LogP contribution in [0.3, 0.4) is 0 Å². The van der Waals surface area contributed by atoms with Crippen LogP contribution < -0.4 is 15.5 Å². The molecule has 3 aromatic carbocycles. The molecule has 0 spiro atoms. The first-order valence-electron chi connectivity index (χ1n) is 9.92. The van der Waals surface area contributed by atoms with Gasteiger partial charge in [0, 0.05) is 41.3 Å². The molecule has 30 heavy (non-hydrogen) atoms. The molecule has 0 aromatic heterocycles. The van der Waals surface area contributed by atoms with Crippen molar-refractivity contribution in [1.29, 1.82) is 0 Å². The fraction of sp³-hybridized carbons (Fsp3) is 0.167. The third kappa shape index (κ3) is 4.66. The summed E-state index contributed by atoms with van der Waals surface area (Å²) in [5, 5.41) is 5.62. The molecule has 1 aliphatic heterocycles. The van der Waals surface area contributed by atoms with Gasteiger partial charge in [0.2, 0.25) is 0 Å². The van der Waals surface area contributed by atoms with Gasteiger partial charge in [-0.05, 0) is 85.6 Å². The lowest BCUT2D eigenvalue weighted by atomic mass is 10.1. The van der Waals surface area contributed by atoms with Gasteiger partial charge in [0.15, 0.2) is 0 Å². The Bertz CT molecular complexity index is 1030. The fourth-order valence-corrected chi connectivity index (χ4v) is 3.44. The molecular formula is C24H22FN3O2. The third-order valence-corrected chi connectivity index (χ3v) is 5.11. The first kappa shape index (κ1) is 19.6. The van der Waals surface area contributed by atoms with Crippen molar-refractivity contribution >= 4 is 28.9 Å². The van der Waals surface area contributed by atoms with Crippen LogP contribution >= 0.6 is 0 Å². The van der Waals surface area contributed by atoms with Gasteiger partial charge < -0.3 is 15.5 Å². The molecule has 152 valence electrons. The molecule has 1 saturated heterocycles. The van der Waals surface area contributed by atoms with Gasteiger partial charge in [-0.25, -0.2) is 4.39 Å². The molecule has 1 heterocycles. The van der Waals surface area contributed by atoms with Crippen LogP contribution in [0, 0.1) is 5.82 Å². The van der Waals surface area contributed by atoms with Gasteiger partial charge in [0.1, 0.15) is 5.82 Å². The van der Waals surface area contributed by atoms with E-state index in [2.05, 4.69) is 15.5 Å². The molecule has 2 amide bonds. The zero-order valence-corrected chi connectivity index (χ0v) is 16.4. The quantitative estimate of drug-likeness (QED) is 0.635. The molecule has 0 atom stereocenters.